The Morgan fingerprint density at radius 2 is 1.86 bits per heavy atom. The lowest BCUT2D eigenvalue weighted by atomic mass is 10.2. The molecule has 0 bridgehead atoms. The minimum absolute atomic E-state index is 0.109. The zero-order valence-electron chi connectivity index (χ0n) is 11.1. The quantitative estimate of drug-likeness (QED) is 0.903. The summed E-state index contributed by atoms with van der Waals surface area (Å²) in [5.41, 5.74) is 5.39. The molecular formula is C13H13ClN2O3S2. The van der Waals surface area contributed by atoms with E-state index in [0.717, 1.165) is 4.88 Å². The Morgan fingerprint density at radius 3 is 2.33 bits per heavy atom. The number of primary amides is 1. The monoisotopic (exact) mass is 344 g/mol. The van der Waals surface area contributed by atoms with Gasteiger partial charge in [-0.15, -0.1) is 11.3 Å². The summed E-state index contributed by atoms with van der Waals surface area (Å²) in [4.78, 5) is 11.9. The SMILES string of the molecule is CN(Cc1ccc(Cl)s1)S(=O)(=O)c1ccc(C(N)=O)cc1. The molecular weight excluding hydrogens is 332 g/mol. The fraction of sp³-hybridized carbons (Fsp3) is 0.154. The minimum Gasteiger partial charge on any atom is -0.366 e. The number of sulfonamides is 1. The van der Waals surface area contributed by atoms with Crippen LogP contribution in [0.1, 0.15) is 15.2 Å². The highest BCUT2D eigenvalue weighted by atomic mass is 35.5. The maximum absolute atomic E-state index is 12.4. The molecule has 1 heterocycles. The first kappa shape index (κ1) is 16.0. The topological polar surface area (TPSA) is 80.5 Å². The standard InChI is InChI=1S/C13H13ClN2O3S2/c1-16(8-10-4-7-12(14)20-10)21(18,19)11-5-2-9(3-6-11)13(15)17/h2-7H,8H2,1H3,(H2,15,17). The summed E-state index contributed by atoms with van der Waals surface area (Å²) >= 11 is 7.16. The first-order chi connectivity index (χ1) is 9.80. The number of carbonyl (C=O) groups is 1. The smallest absolute Gasteiger partial charge is 0.248 e. The van der Waals surface area contributed by atoms with Crippen LogP contribution in [0.15, 0.2) is 41.3 Å². The molecule has 2 aromatic rings. The highest BCUT2D eigenvalue weighted by Gasteiger charge is 2.21. The molecule has 0 unspecified atom stereocenters. The molecule has 21 heavy (non-hydrogen) atoms. The molecule has 5 nitrogen and oxygen atoms in total. The Balaban J connectivity index is 2.22. The molecule has 0 saturated carbocycles. The van der Waals surface area contributed by atoms with E-state index in [1.54, 1.807) is 12.1 Å². The minimum atomic E-state index is -3.63. The summed E-state index contributed by atoms with van der Waals surface area (Å²) in [6, 6.07) is 9.04. The molecule has 2 N–H and O–H groups in total. The third-order valence-corrected chi connectivity index (χ3v) is 5.89. The molecule has 0 atom stereocenters. The molecule has 0 radical (unpaired) electrons. The fourth-order valence-electron chi connectivity index (χ4n) is 1.71. The van der Waals surface area contributed by atoms with Gasteiger partial charge in [-0.2, -0.15) is 4.31 Å². The summed E-state index contributed by atoms with van der Waals surface area (Å²) < 4.78 is 26.7. The summed E-state index contributed by atoms with van der Waals surface area (Å²) in [5.74, 6) is -0.597. The van der Waals surface area contributed by atoms with Gasteiger partial charge in [0.2, 0.25) is 15.9 Å². The number of thiophene rings is 1. The van der Waals surface area contributed by atoms with Gasteiger partial charge >= 0.3 is 0 Å². The van der Waals surface area contributed by atoms with Crippen molar-refractivity contribution in [3.8, 4) is 0 Å². The van der Waals surface area contributed by atoms with Gasteiger partial charge in [0, 0.05) is 24.0 Å². The number of nitrogens with zero attached hydrogens (tertiary/aromatic N) is 1. The van der Waals surface area contributed by atoms with Gasteiger partial charge in [-0.25, -0.2) is 8.42 Å². The van der Waals surface area contributed by atoms with Crippen molar-refractivity contribution in [2.24, 2.45) is 5.73 Å². The van der Waals surface area contributed by atoms with Gasteiger partial charge in [-0.05, 0) is 36.4 Å². The molecule has 0 spiro atoms. The Labute approximate surface area is 132 Å². The van der Waals surface area contributed by atoms with Crippen LogP contribution in [0.2, 0.25) is 4.34 Å². The number of amides is 1. The second-order valence-electron chi connectivity index (χ2n) is 4.36. The van der Waals surface area contributed by atoms with Crippen molar-refractivity contribution in [3.05, 3.63) is 51.2 Å². The molecule has 2 rings (SSSR count). The van der Waals surface area contributed by atoms with Crippen LogP contribution in [0.3, 0.4) is 0 Å². The molecule has 0 fully saturated rings. The van der Waals surface area contributed by atoms with Crippen molar-refractivity contribution in [1.82, 2.24) is 4.31 Å². The van der Waals surface area contributed by atoms with Gasteiger partial charge in [0.25, 0.3) is 0 Å². The van der Waals surface area contributed by atoms with E-state index in [0.29, 0.717) is 4.34 Å². The van der Waals surface area contributed by atoms with Gasteiger partial charge in [0.05, 0.1) is 9.23 Å². The third-order valence-electron chi connectivity index (χ3n) is 2.85. The Bertz CT molecular complexity index is 754. The average molecular weight is 345 g/mol. The lowest BCUT2D eigenvalue weighted by molar-refractivity contribution is 0.1000. The van der Waals surface area contributed by atoms with Crippen molar-refractivity contribution in [2.75, 3.05) is 7.05 Å². The highest BCUT2D eigenvalue weighted by Crippen LogP contribution is 2.24. The number of carbonyl (C=O) groups excluding carboxylic acids is 1. The number of halogens is 1. The van der Waals surface area contributed by atoms with E-state index in [1.165, 1.54) is 47.0 Å². The van der Waals surface area contributed by atoms with E-state index in [4.69, 9.17) is 17.3 Å². The Hall–Kier alpha value is -1.41. The number of rotatable bonds is 5. The number of hydrogen-bond donors (Lipinski definition) is 1. The molecule has 1 aromatic carbocycles. The fourth-order valence-corrected chi connectivity index (χ4v) is 4.08. The van der Waals surface area contributed by atoms with Crippen LogP contribution in [0.4, 0.5) is 0 Å². The van der Waals surface area contributed by atoms with E-state index in [9.17, 15) is 13.2 Å². The molecule has 0 aliphatic carbocycles. The number of nitrogens with two attached hydrogens (primary N) is 1. The number of benzene rings is 1. The molecule has 0 aliphatic rings. The third kappa shape index (κ3) is 3.62. The van der Waals surface area contributed by atoms with Gasteiger partial charge in [-0.3, -0.25) is 4.79 Å². The Kier molecular flexibility index (Phi) is 4.67. The highest BCUT2D eigenvalue weighted by molar-refractivity contribution is 7.89. The predicted octanol–water partition coefficient (Wildman–Crippen LogP) is 2.32. The summed E-state index contributed by atoms with van der Waals surface area (Å²) in [7, 11) is -2.13. The number of hydrogen-bond acceptors (Lipinski definition) is 4. The van der Waals surface area contributed by atoms with E-state index >= 15 is 0 Å². The van der Waals surface area contributed by atoms with Gasteiger partial charge in [0.15, 0.2) is 0 Å². The molecule has 8 heteroatoms. The van der Waals surface area contributed by atoms with Crippen LogP contribution < -0.4 is 5.73 Å². The van der Waals surface area contributed by atoms with Crippen molar-refractivity contribution in [1.29, 1.82) is 0 Å². The maximum atomic E-state index is 12.4. The van der Waals surface area contributed by atoms with E-state index in [-0.39, 0.29) is 17.0 Å². The second-order valence-corrected chi connectivity index (χ2v) is 8.20. The summed E-state index contributed by atoms with van der Waals surface area (Å²) in [6.07, 6.45) is 0. The van der Waals surface area contributed by atoms with E-state index in [2.05, 4.69) is 0 Å². The largest absolute Gasteiger partial charge is 0.366 e. The van der Waals surface area contributed by atoms with Crippen molar-refractivity contribution in [2.45, 2.75) is 11.4 Å². The first-order valence-electron chi connectivity index (χ1n) is 5.91. The molecule has 0 saturated heterocycles. The second kappa shape index (κ2) is 6.15. The van der Waals surface area contributed by atoms with Crippen LogP contribution in [-0.4, -0.2) is 25.7 Å². The van der Waals surface area contributed by atoms with Crippen LogP contribution in [0.5, 0.6) is 0 Å². The zero-order chi connectivity index (χ0) is 15.6. The van der Waals surface area contributed by atoms with E-state index < -0.39 is 15.9 Å². The zero-order valence-corrected chi connectivity index (χ0v) is 13.5. The van der Waals surface area contributed by atoms with Gasteiger partial charge in [0.1, 0.15) is 0 Å². The lowest BCUT2D eigenvalue weighted by Crippen LogP contribution is -2.26. The lowest BCUT2D eigenvalue weighted by Gasteiger charge is -2.16. The van der Waals surface area contributed by atoms with Crippen LogP contribution >= 0.6 is 22.9 Å². The molecule has 0 aliphatic heterocycles. The van der Waals surface area contributed by atoms with Gasteiger partial charge < -0.3 is 5.73 Å². The molecule has 1 amide bonds. The van der Waals surface area contributed by atoms with Crippen LogP contribution in [-0.2, 0) is 16.6 Å². The Morgan fingerprint density at radius 1 is 1.24 bits per heavy atom. The van der Waals surface area contributed by atoms with Crippen molar-refractivity contribution in [3.63, 3.8) is 0 Å². The molecule has 112 valence electrons. The average Bonchev–Trinajstić information content (AvgIpc) is 2.84. The predicted molar refractivity (Wildman–Crippen MR) is 82.9 cm³/mol. The first-order valence-corrected chi connectivity index (χ1v) is 8.54. The normalized spacial score (nSPS) is 11.8. The molecule has 1 aromatic heterocycles. The van der Waals surface area contributed by atoms with Crippen molar-refractivity contribution >= 4 is 38.9 Å². The van der Waals surface area contributed by atoms with Crippen LogP contribution in [0.25, 0.3) is 0 Å². The maximum Gasteiger partial charge on any atom is 0.248 e. The van der Waals surface area contributed by atoms with Crippen molar-refractivity contribution < 1.29 is 13.2 Å². The van der Waals surface area contributed by atoms with Crippen LogP contribution in [0, 0.1) is 0 Å². The summed E-state index contributed by atoms with van der Waals surface area (Å²) in [6.45, 7) is 0.233. The van der Waals surface area contributed by atoms with E-state index in [1.807, 2.05) is 0 Å². The van der Waals surface area contributed by atoms with Gasteiger partial charge in [-0.1, -0.05) is 11.6 Å². The summed E-state index contributed by atoms with van der Waals surface area (Å²) in [5, 5.41) is 0.